The Morgan fingerprint density at radius 2 is 1.74 bits per heavy atom. The molecule has 6 nitrogen and oxygen atoms in total. The van der Waals surface area contributed by atoms with Crippen molar-refractivity contribution in [1.82, 2.24) is 14.7 Å². The number of carbonyl (C=O) groups excluding carboxylic acids is 2. The number of hydrogen-bond acceptors (Lipinski definition) is 4. The lowest BCUT2D eigenvalue weighted by Crippen LogP contribution is -2.31. The average molecular weight is 363 g/mol. The lowest BCUT2D eigenvalue weighted by atomic mass is 10.1. The van der Waals surface area contributed by atoms with Crippen LogP contribution in [-0.4, -0.2) is 40.7 Å². The third-order valence-corrected chi connectivity index (χ3v) is 4.09. The molecule has 1 atom stereocenters. The largest absolute Gasteiger partial charge is 0.444 e. The van der Waals surface area contributed by atoms with E-state index in [9.17, 15) is 9.59 Å². The van der Waals surface area contributed by atoms with Gasteiger partial charge in [0, 0.05) is 32.1 Å². The first-order valence-corrected chi connectivity index (χ1v) is 8.58. The molecule has 27 heavy (non-hydrogen) atoms. The van der Waals surface area contributed by atoms with Gasteiger partial charge in [-0.3, -0.25) is 9.48 Å². The first-order valence-electron chi connectivity index (χ1n) is 8.58. The van der Waals surface area contributed by atoms with Gasteiger partial charge in [-0.2, -0.15) is 5.10 Å². The summed E-state index contributed by atoms with van der Waals surface area (Å²) in [6.45, 7) is 0.619. The average Bonchev–Trinajstić information content (AvgIpc) is 3.19. The third kappa shape index (κ3) is 4.61. The van der Waals surface area contributed by atoms with E-state index in [1.165, 1.54) is 4.90 Å². The standard InChI is InChI=1S/C21H21N3O3/c1-23(2)20(25)19(17-7-4-3-5-8-17)27-21(26)18-11-9-16(10-12-18)15-24-14-6-13-22-24/h3-14,19H,15H2,1-2H3/t19-/m1/s1. The molecule has 138 valence electrons. The van der Waals surface area contributed by atoms with Gasteiger partial charge in [0.15, 0.2) is 0 Å². The number of ether oxygens (including phenoxy) is 1. The molecule has 0 aliphatic carbocycles. The first-order chi connectivity index (χ1) is 13.0. The summed E-state index contributed by atoms with van der Waals surface area (Å²) in [5.41, 5.74) is 2.05. The molecule has 1 amide bonds. The quantitative estimate of drug-likeness (QED) is 0.632. The Hall–Kier alpha value is -3.41. The van der Waals surface area contributed by atoms with Crippen molar-refractivity contribution in [2.24, 2.45) is 0 Å². The number of benzene rings is 2. The van der Waals surface area contributed by atoms with Crippen LogP contribution < -0.4 is 0 Å². The van der Waals surface area contributed by atoms with Gasteiger partial charge in [-0.05, 0) is 23.8 Å². The number of hydrogen-bond donors (Lipinski definition) is 0. The molecular formula is C21H21N3O3. The van der Waals surface area contributed by atoms with E-state index in [1.807, 2.05) is 42.6 Å². The number of nitrogens with zero attached hydrogens (tertiary/aromatic N) is 3. The van der Waals surface area contributed by atoms with Crippen molar-refractivity contribution >= 4 is 11.9 Å². The summed E-state index contributed by atoms with van der Waals surface area (Å²) >= 11 is 0. The van der Waals surface area contributed by atoms with Crippen molar-refractivity contribution < 1.29 is 14.3 Å². The molecule has 0 saturated heterocycles. The van der Waals surface area contributed by atoms with Gasteiger partial charge >= 0.3 is 5.97 Å². The van der Waals surface area contributed by atoms with Gasteiger partial charge in [-0.15, -0.1) is 0 Å². The highest BCUT2D eigenvalue weighted by atomic mass is 16.5. The summed E-state index contributed by atoms with van der Waals surface area (Å²) in [5.74, 6) is -0.824. The monoisotopic (exact) mass is 363 g/mol. The number of likely N-dealkylation sites (N-methyl/N-ethyl adjacent to an activating group) is 1. The lowest BCUT2D eigenvalue weighted by molar-refractivity contribution is -0.138. The van der Waals surface area contributed by atoms with Crippen LogP contribution in [0.3, 0.4) is 0 Å². The Kier molecular flexibility index (Phi) is 5.66. The van der Waals surface area contributed by atoms with Crippen LogP contribution in [0, 0.1) is 0 Å². The van der Waals surface area contributed by atoms with E-state index in [1.54, 1.807) is 49.2 Å². The van der Waals surface area contributed by atoms with E-state index in [0.717, 1.165) is 5.56 Å². The summed E-state index contributed by atoms with van der Waals surface area (Å²) in [5, 5.41) is 4.16. The molecule has 0 aliphatic rings. The molecule has 0 radical (unpaired) electrons. The van der Waals surface area contributed by atoms with E-state index in [2.05, 4.69) is 5.10 Å². The maximum atomic E-state index is 12.6. The molecule has 0 fully saturated rings. The van der Waals surface area contributed by atoms with Crippen molar-refractivity contribution in [1.29, 1.82) is 0 Å². The van der Waals surface area contributed by atoms with Gasteiger partial charge in [0.2, 0.25) is 6.10 Å². The second-order valence-corrected chi connectivity index (χ2v) is 6.33. The normalized spacial score (nSPS) is 11.6. The maximum Gasteiger partial charge on any atom is 0.339 e. The Morgan fingerprint density at radius 1 is 1.04 bits per heavy atom. The number of carbonyl (C=O) groups is 2. The van der Waals surface area contributed by atoms with Crippen LogP contribution in [0.1, 0.15) is 27.6 Å². The van der Waals surface area contributed by atoms with Crippen LogP contribution in [-0.2, 0) is 16.1 Å². The van der Waals surface area contributed by atoms with Gasteiger partial charge in [0.1, 0.15) is 0 Å². The summed E-state index contributed by atoms with van der Waals surface area (Å²) in [6, 6.07) is 18.0. The predicted octanol–water partition coefficient (Wildman–Crippen LogP) is 2.92. The fraction of sp³-hybridized carbons (Fsp3) is 0.190. The van der Waals surface area contributed by atoms with Gasteiger partial charge in [0.25, 0.3) is 5.91 Å². The van der Waals surface area contributed by atoms with Crippen molar-refractivity contribution in [2.75, 3.05) is 14.1 Å². The highest BCUT2D eigenvalue weighted by Gasteiger charge is 2.26. The highest BCUT2D eigenvalue weighted by Crippen LogP contribution is 2.21. The summed E-state index contributed by atoms with van der Waals surface area (Å²) in [4.78, 5) is 26.5. The van der Waals surface area contributed by atoms with Crippen LogP contribution in [0.4, 0.5) is 0 Å². The summed E-state index contributed by atoms with van der Waals surface area (Å²) < 4.78 is 7.34. The minimum absolute atomic E-state index is 0.287. The molecule has 1 aromatic heterocycles. The molecule has 2 aromatic carbocycles. The SMILES string of the molecule is CN(C)C(=O)[C@H](OC(=O)c1ccc(Cn2cccn2)cc1)c1ccccc1. The number of rotatable bonds is 6. The van der Waals surface area contributed by atoms with Crippen molar-refractivity contribution in [2.45, 2.75) is 12.6 Å². The van der Waals surface area contributed by atoms with E-state index >= 15 is 0 Å². The van der Waals surface area contributed by atoms with Gasteiger partial charge < -0.3 is 9.64 Å². The van der Waals surface area contributed by atoms with Crippen molar-refractivity contribution in [3.05, 3.63) is 89.7 Å². The Morgan fingerprint density at radius 3 is 2.33 bits per heavy atom. The minimum Gasteiger partial charge on any atom is -0.444 e. The zero-order valence-corrected chi connectivity index (χ0v) is 15.3. The number of aromatic nitrogens is 2. The predicted molar refractivity (Wildman–Crippen MR) is 101 cm³/mol. The number of amides is 1. The molecule has 0 unspecified atom stereocenters. The Bertz CT molecular complexity index is 888. The fourth-order valence-corrected chi connectivity index (χ4v) is 2.63. The molecule has 3 rings (SSSR count). The first kappa shape index (κ1) is 18.4. The Balaban J connectivity index is 1.74. The van der Waals surface area contributed by atoms with E-state index in [4.69, 9.17) is 4.74 Å². The van der Waals surface area contributed by atoms with Crippen molar-refractivity contribution in [3.8, 4) is 0 Å². The topological polar surface area (TPSA) is 64.4 Å². The minimum atomic E-state index is -0.975. The molecule has 0 spiro atoms. The zero-order valence-electron chi connectivity index (χ0n) is 15.3. The second-order valence-electron chi connectivity index (χ2n) is 6.33. The van der Waals surface area contributed by atoms with Crippen LogP contribution in [0.5, 0.6) is 0 Å². The Labute approximate surface area is 158 Å². The fourth-order valence-electron chi connectivity index (χ4n) is 2.63. The molecule has 6 heteroatoms. The summed E-state index contributed by atoms with van der Waals surface area (Å²) in [6.07, 6.45) is 2.62. The summed E-state index contributed by atoms with van der Waals surface area (Å²) in [7, 11) is 3.27. The molecule has 0 aliphatic heterocycles. The van der Waals surface area contributed by atoms with E-state index in [-0.39, 0.29) is 5.91 Å². The molecule has 1 heterocycles. The molecular weight excluding hydrogens is 342 g/mol. The second kappa shape index (κ2) is 8.31. The molecule has 3 aromatic rings. The van der Waals surface area contributed by atoms with Crippen LogP contribution >= 0.6 is 0 Å². The smallest absolute Gasteiger partial charge is 0.339 e. The van der Waals surface area contributed by atoms with Crippen LogP contribution in [0.2, 0.25) is 0 Å². The number of esters is 1. The highest BCUT2D eigenvalue weighted by molar-refractivity contribution is 5.92. The zero-order chi connectivity index (χ0) is 19.2. The van der Waals surface area contributed by atoms with Crippen LogP contribution in [0.25, 0.3) is 0 Å². The van der Waals surface area contributed by atoms with E-state index < -0.39 is 12.1 Å². The maximum absolute atomic E-state index is 12.6. The van der Waals surface area contributed by atoms with Gasteiger partial charge in [-0.1, -0.05) is 42.5 Å². The van der Waals surface area contributed by atoms with Gasteiger partial charge in [0.05, 0.1) is 12.1 Å². The lowest BCUT2D eigenvalue weighted by Gasteiger charge is -2.21. The van der Waals surface area contributed by atoms with Crippen LogP contribution in [0.15, 0.2) is 73.1 Å². The third-order valence-electron chi connectivity index (χ3n) is 4.09. The molecule has 0 N–H and O–H groups in total. The molecule has 0 saturated carbocycles. The van der Waals surface area contributed by atoms with Gasteiger partial charge in [-0.25, -0.2) is 4.79 Å². The van der Waals surface area contributed by atoms with Crippen molar-refractivity contribution in [3.63, 3.8) is 0 Å². The molecule has 0 bridgehead atoms. The van der Waals surface area contributed by atoms with E-state index in [0.29, 0.717) is 17.7 Å².